The first-order chi connectivity index (χ1) is 5.79. The van der Waals surface area contributed by atoms with Crippen LogP contribution in [0.1, 0.15) is 0 Å². The van der Waals surface area contributed by atoms with Crippen molar-refractivity contribution in [3.63, 3.8) is 0 Å². The summed E-state index contributed by atoms with van der Waals surface area (Å²) >= 11 is 0. The van der Waals surface area contributed by atoms with Crippen LogP contribution < -0.4 is 0 Å². The van der Waals surface area contributed by atoms with Crippen LogP contribution in [-0.4, -0.2) is 60.2 Å². The summed E-state index contributed by atoms with van der Waals surface area (Å²) in [5, 5.41) is 18.3. The molecule has 3 atom stereocenters. The molecule has 2 aliphatic heterocycles. The van der Waals surface area contributed by atoms with Gasteiger partial charge in [-0.1, -0.05) is 0 Å². The Bertz CT molecular complexity index is 160. The molecule has 4 heteroatoms. The zero-order valence-electron chi connectivity index (χ0n) is 7.02. The molecule has 0 aliphatic carbocycles. The van der Waals surface area contributed by atoms with Crippen LogP contribution in [0.4, 0.5) is 0 Å². The van der Waals surface area contributed by atoms with Gasteiger partial charge in [-0.2, -0.15) is 0 Å². The Hall–Kier alpha value is -0.160. The predicted molar refractivity (Wildman–Crippen MR) is 42.8 cm³/mol. The first-order valence-electron chi connectivity index (χ1n) is 4.42. The highest BCUT2D eigenvalue weighted by atomic mass is 16.6. The van der Waals surface area contributed by atoms with Crippen molar-refractivity contribution < 1.29 is 14.9 Å². The van der Waals surface area contributed by atoms with Crippen molar-refractivity contribution in [1.82, 2.24) is 4.90 Å². The summed E-state index contributed by atoms with van der Waals surface area (Å²) in [5.74, 6) is 0.0451. The summed E-state index contributed by atoms with van der Waals surface area (Å²) in [6.07, 6.45) is 0.0309. The molecule has 0 saturated carbocycles. The Morgan fingerprint density at radius 3 is 2.67 bits per heavy atom. The molecule has 2 rings (SSSR count). The van der Waals surface area contributed by atoms with Crippen molar-refractivity contribution in [2.24, 2.45) is 5.92 Å². The van der Waals surface area contributed by atoms with Crippen molar-refractivity contribution in [3.8, 4) is 0 Å². The first kappa shape index (κ1) is 8.44. The predicted octanol–water partition coefficient (Wildman–Crippen LogP) is -1.33. The average molecular weight is 173 g/mol. The third-order valence-corrected chi connectivity index (χ3v) is 2.58. The van der Waals surface area contributed by atoms with Gasteiger partial charge in [0.2, 0.25) is 0 Å². The van der Waals surface area contributed by atoms with Crippen molar-refractivity contribution in [2.45, 2.75) is 12.2 Å². The maximum absolute atomic E-state index is 9.45. The van der Waals surface area contributed by atoms with Gasteiger partial charge in [0.15, 0.2) is 0 Å². The third-order valence-electron chi connectivity index (χ3n) is 2.58. The number of aliphatic hydroxyl groups excluding tert-OH is 2. The number of rotatable bonds is 3. The lowest BCUT2D eigenvalue weighted by atomic mass is 10.1. The summed E-state index contributed by atoms with van der Waals surface area (Å²) in [5.41, 5.74) is 0. The van der Waals surface area contributed by atoms with E-state index in [1.54, 1.807) is 0 Å². The Kier molecular flexibility index (Phi) is 2.32. The van der Waals surface area contributed by atoms with Gasteiger partial charge in [0.05, 0.1) is 18.8 Å². The molecule has 0 aromatic heterocycles. The largest absolute Gasteiger partial charge is 0.396 e. The minimum Gasteiger partial charge on any atom is -0.396 e. The fourth-order valence-electron chi connectivity index (χ4n) is 1.73. The molecule has 2 heterocycles. The SMILES string of the molecule is OCC1CN(C[C@H]2CO2)CC1O. The van der Waals surface area contributed by atoms with Gasteiger partial charge in [0, 0.05) is 32.2 Å². The van der Waals surface area contributed by atoms with Gasteiger partial charge in [-0.05, 0) is 0 Å². The Morgan fingerprint density at radius 1 is 1.42 bits per heavy atom. The minimum atomic E-state index is -0.353. The van der Waals surface area contributed by atoms with Crippen molar-refractivity contribution in [1.29, 1.82) is 0 Å². The van der Waals surface area contributed by atoms with E-state index in [0.717, 1.165) is 19.7 Å². The highest BCUT2D eigenvalue weighted by molar-refractivity contribution is 4.86. The van der Waals surface area contributed by atoms with E-state index in [0.29, 0.717) is 12.6 Å². The van der Waals surface area contributed by atoms with Crippen LogP contribution in [0.15, 0.2) is 0 Å². The summed E-state index contributed by atoms with van der Waals surface area (Å²) < 4.78 is 5.09. The minimum absolute atomic E-state index is 0.0451. The average Bonchev–Trinajstić information content (AvgIpc) is 2.76. The Balaban J connectivity index is 1.78. The summed E-state index contributed by atoms with van der Waals surface area (Å²) in [6, 6.07) is 0. The van der Waals surface area contributed by atoms with Gasteiger partial charge >= 0.3 is 0 Å². The second-order valence-electron chi connectivity index (χ2n) is 3.68. The summed E-state index contributed by atoms with van der Waals surface area (Å²) in [7, 11) is 0. The molecule has 2 aliphatic rings. The van der Waals surface area contributed by atoms with E-state index in [9.17, 15) is 5.11 Å². The fraction of sp³-hybridized carbons (Fsp3) is 1.00. The highest BCUT2D eigenvalue weighted by Crippen LogP contribution is 2.19. The van der Waals surface area contributed by atoms with Crippen LogP contribution >= 0.6 is 0 Å². The zero-order valence-corrected chi connectivity index (χ0v) is 7.02. The standard InChI is InChI=1S/C8H15NO3/c10-4-6-1-9(3-8(6)11)2-7-5-12-7/h6-8,10-11H,1-5H2/t6?,7-,8?/m0/s1. The van der Waals surface area contributed by atoms with E-state index in [-0.39, 0.29) is 18.6 Å². The highest BCUT2D eigenvalue weighted by Gasteiger charge is 2.34. The number of nitrogens with zero attached hydrogens (tertiary/aromatic N) is 1. The molecule has 0 spiro atoms. The van der Waals surface area contributed by atoms with E-state index >= 15 is 0 Å². The van der Waals surface area contributed by atoms with Crippen LogP contribution in [0.3, 0.4) is 0 Å². The summed E-state index contributed by atoms with van der Waals surface area (Å²) in [4.78, 5) is 2.16. The molecular weight excluding hydrogens is 158 g/mol. The molecule has 0 aromatic carbocycles. The number of hydrogen-bond acceptors (Lipinski definition) is 4. The molecular formula is C8H15NO3. The number of hydrogen-bond donors (Lipinski definition) is 2. The molecule has 0 radical (unpaired) electrons. The van der Waals surface area contributed by atoms with Crippen LogP contribution in [0.5, 0.6) is 0 Å². The van der Waals surface area contributed by atoms with Gasteiger partial charge < -0.3 is 14.9 Å². The second-order valence-corrected chi connectivity index (χ2v) is 3.68. The van der Waals surface area contributed by atoms with Crippen molar-refractivity contribution >= 4 is 0 Å². The Labute approximate surface area is 71.7 Å². The maximum Gasteiger partial charge on any atom is 0.0936 e. The number of epoxide rings is 1. The molecule has 0 aromatic rings. The first-order valence-corrected chi connectivity index (χ1v) is 4.42. The molecule has 0 bridgehead atoms. The van der Waals surface area contributed by atoms with Gasteiger partial charge in [0.1, 0.15) is 0 Å². The molecule has 2 unspecified atom stereocenters. The lowest BCUT2D eigenvalue weighted by Crippen LogP contribution is -2.26. The van der Waals surface area contributed by atoms with E-state index < -0.39 is 0 Å². The number of ether oxygens (including phenoxy) is 1. The lowest BCUT2D eigenvalue weighted by molar-refractivity contribution is 0.103. The van der Waals surface area contributed by atoms with E-state index in [4.69, 9.17) is 9.84 Å². The molecule has 12 heavy (non-hydrogen) atoms. The lowest BCUT2D eigenvalue weighted by Gasteiger charge is -2.12. The smallest absolute Gasteiger partial charge is 0.0936 e. The number of β-amino-alcohol motifs (C(OH)–C–C–N with tert-alkyl or cyclic N) is 1. The van der Waals surface area contributed by atoms with Crippen molar-refractivity contribution in [2.75, 3.05) is 32.8 Å². The normalized spacial score (nSPS) is 42.0. The van der Waals surface area contributed by atoms with Gasteiger partial charge in [0.25, 0.3) is 0 Å². The third kappa shape index (κ3) is 1.77. The van der Waals surface area contributed by atoms with Gasteiger partial charge in [-0.25, -0.2) is 0 Å². The van der Waals surface area contributed by atoms with Crippen LogP contribution in [0.25, 0.3) is 0 Å². The molecule has 2 fully saturated rings. The molecule has 0 amide bonds. The second kappa shape index (κ2) is 3.30. The van der Waals surface area contributed by atoms with Crippen LogP contribution in [-0.2, 0) is 4.74 Å². The molecule has 70 valence electrons. The quantitative estimate of drug-likeness (QED) is 0.519. The maximum atomic E-state index is 9.45. The monoisotopic (exact) mass is 173 g/mol. The van der Waals surface area contributed by atoms with Gasteiger partial charge in [-0.3, -0.25) is 4.90 Å². The summed E-state index contributed by atoms with van der Waals surface area (Å²) in [6.45, 7) is 3.34. The van der Waals surface area contributed by atoms with E-state index in [1.165, 1.54) is 0 Å². The zero-order chi connectivity index (χ0) is 8.55. The van der Waals surface area contributed by atoms with Gasteiger partial charge in [-0.15, -0.1) is 0 Å². The topological polar surface area (TPSA) is 56.2 Å². The van der Waals surface area contributed by atoms with E-state index in [2.05, 4.69) is 4.90 Å². The fourth-order valence-corrected chi connectivity index (χ4v) is 1.73. The van der Waals surface area contributed by atoms with Crippen molar-refractivity contribution in [3.05, 3.63) is 0 Å². The molecule has 4 nitrogen and oxygen atoms in total. The molecule has 2 saturated heterocycles. The number of aliphatic hydroxyl groups is 2. The Morgan fingerprint density at radius 2 is 2.17 bits per heavy atom. The van der Waals surface area contributed by atoms with E-state index in [1.807, 2.05) is 0 Å². The van der Waals surface area contributed by atoms with Crippen LogP contribution in [0, 0.1) is 5.92 Å². The molecule has 2 N–H and O–H groups in total. The van der Waals surface area contributed by atoms with Crippen LogP contribution in [0.2, 0.25) is 0 Å². The number of likely N-dealkylation sites (tertiary alicyclic amines) is 1.